The normalized spacial score (nSPS) is 13.1. The third-order valence-corrected chi connectivity index (χ3v) is 18.4. The Kier molecular flexibility index (Phi) is 16.5. The molecule has 6 heterocycles. The van der Waals surface area contributed by atoms with Gasteiger partial charge in [0.05, 0.1) is 23.7 Å². The summed E-state index contributed by atoms with van der Waals surface area (Å²) in [6.07, 6.45) is 0.330. The second kappa shape index (κ2) is 23.4. The third kappa shape index (κ3) is 10.8. The lowest BCUT2D eigenvalue weighted by atomic mass is 9.89. The van der Waals surface area contributed by atoms with E-state index in [9.17, 15) is 28.0 Å². The summed E-state index contributed by atoms with van der Waals surface area (Å²) in [5.41, 5.74) is 19.0. The highest BCUT2D eigenvalue weighted by molar-refractivity contribution is 14.1. The van der Waals surface area contributed by atoms with Gasteiger partial charge in [-0.3, -0.25) is 19.2 Å². The van der Waals surface area contributed by atoms with Crippen molar-refractivity contribution in [1.29, 1.82) is 0 Å². The molecular formula is C68H64F2I2N6O4. The van der Waals surface area contributed by atoms with E-state index in [0.717, 1.165) is 103 Å². The number of hydrogen-bond acceptors (Lipinski definition) is 4. The van der Waals surface area contributed by atoms with E-state index in [1.165, 1.54) is 31.2 Å². The first kappa shape index (κ1) is 57.8. The zero-order valence-electron chi connectivity index (χ0n) is 47.4. The second-order valence-electron chi connectivity index (χ2n) is 21.7. The summed E-state index contributed by atoms with van der Waals surface area (Å²) in [5.74, 6) is -2.63. The first-order chi connectivity index (χ1) is 39.1. The number of benzene rings is 4. The van der Waals surface area contributed by atoms with Crippen molar-refractivity contribution in [3.05, 3.63) is 275 Å². The molecule has 10 rings (SSSR count). The number of halogens is 4. The zero-order chi connectivity index (χ0) is 58.6. The fraction of sp³-hybridized carbons (Fsp3) is 0.235. The quantitative estimate of drug-likeness (QED) is 0.0351. The summed E-state index contributed by atoms with van der Waals surface area (Å²) < 4.78 is 31.3. The van der Waals surface area contributed by atoms with Crippen LogP contribution in [0.4, 0.5) is 8.78 Å². The molecule has 82 heavy (non-hydrogen) atoms. The number of rotatable bonds is 19. The zero-order valence-corrected chi connectivity index (χ0v) is 51.7. The van der Waals surface area contributed by atoms with Gasteiger partial charge in [-0.05, 0) is 226 Å². The minimum atomic E-state index is -0.548. The molecule has 0 fully saturated rings. The Hall–Kier alpha value is -7.44. The van der Waals surface area contributed by atoms with E-state index in [2.05, 4.69) is 111 Å². The Bertz CT molecular complexity index is 4110. The standard InChI is InChI=1S/C68H64F2I2N6O4/c1-33-57(40(8)79)37(5)73-65(33)61(43-19-23-45(69)24-20-43)52-27-28-53(76-52)62(44-21-25-46(70)26-22-44)66-36(4)60(42(10)81)51(78-66)31-32-56(82)59-35(3)68(75-39(59)7)64(48-16-12-14-18-50(48)72)55-30-29-54(77-55)63(47-15-11-13-17-49(47)71)67-34(2)58(41(9)80)38(6)74-67/h11-30,61-64,73-78H,31-32H2,1-10H3. The van der Waals surface area contributed by atoms with Crippen molar-refractivity contribution in [2.24, 2.45) is 0 Å². The molecule has 0 radical (unpaired) electrons. The van der Waals surface area contributed by atoms with Crippen LogP contribution in [0.2, 0.25) is 0 Å². The lowest BCUT2D eigenvalue weighted by Crippen LogP contribution is -2.11. The van der Waals surface area contributed by atoms with E-state index < -0.39 is 17.7 Å². The topological polar surface area (TPSA) is 163 Å². The van der Waals surface area contributed by atoms with E-state index in [-0.39, 0.29) is 53.6 Å². The molecule has 10 aromatic rings. The van der Waals surface area contributed by atoms with Gasteiger partial charge in [-0.1, -0.05) is 60.7 Å². The number of Topliss-reactive ketones (excluding diaryl/α,β-unsaturated/α-hetero) is 4. The van der Waals surface area contributed by atoms with Crippen LogP contribution >= 0.6 is 45.2 Å². The molecule has 6 N–H and O–H groups in total. The molecule has 0 aliphatic rings. The van der Waals surface area contributed by atoms with Gasteiger partial charge >= 0.3 is 0 Å². The van der Waals surface area contributed by atoms with Crippen LogP contribution in [-0.2, 0) is 6.42 Å². The first-order valence-corrected chi connectivity index (χ1v) is 29.5. The number of ketones is 4. The summed E-state index contributed by atoms with van der Waals surface area (Å²) in [4.78, 5) is 76.5. The Balaban J connectivity index is 1.01. The average Bonchev–Trinajstić information content (AvgIpc) is 3.57. The smallest absolute Gasteiger partial charge is 0.165 e. The minimum Gasteiger partial charge on any atom is -0.361 e. The highest BCUT2D eigenvalue weighted by atomic mass is 127. The van der Waals surface area contributed by atoms with E-state index in [1.807, 2.05) is 84.9 Å². The fourth-order valence-electron chi connectivity index (χ4n) is 12.9. The van der Waals surface area contributed by atoms with Gasteiger partial charge in [-0.2, -0.15) is 0 Å². The molecule has 0 bridgehead atoms. The van der Waals surface area contributed by atoms with Gasteiger partial charge in [0.25, 0.3) is 0 Å². The van der Waals surface area contributed by atoms with Crippen LogP contribution in [0.1, 0.15) is 205 Å². The van der Waals surface area contributed by atoms with Crippen LogP contribution in [-0.4, -0.2) is 53.0 Å². The molecule has 10 nitrogen and oxygen atoms in total. The Morgan fingerprint density at radius 1 is 0.402 bits per heavy atom. The molecule has 0 aliphatic heterocycles. The molecule has 4 unspecified atom stereocenters. The number of aryl methyl sites for hydroxylation is 4. The van der Waals surface area contributed by atoms with E-state index in [4.69, 9.17) is 0 Å². The predicted octanol–water partition coefficient (Wildman–Crippen LogP) is 16.4. The van der Waals surface area contributed by atoms with E-state index >= 15 is 0 Å². The average molecular weight is 1320 g/mol. The van der Waals surface area contributed by atoms with Gasteiger partial charge in [0.2, 0.25) is 0 Å². The van der Waals surface area contributed by atoms with E-state index in [1.54, 1.807) is 38.1 Å². The lowest BCUT2D eigenvalue weighted by Gasteiger charge is -2.21. The van der Waals surface area contributed by atoms with Crippen LogP contribution < -0.4 is 0 Å². The molecule has 0 amide bonds. The van der Waals surface area contributed by atoms with Gasteiger partial charge in [-0.15, -0.1) is 0 Å². The number of carbonyl (C=O) groups is 4. The van der Waals surface area contributed by atoms with Gasteiger partial charge in [-0.25, -0.2) is 8.78 Å². The first-order valence-electron chi connectivity index (χ1n) is 27.4. The lowest BCUT2D eigenvalue weighted by molar-refractivity contribution is 0.0974. The minimum absolute atomic E-state index is 0.0122. The maximum absolute atomic E-state index is 14.9. The van der Waals surface area contributed by atoms with Crippen LogP contribution in [0.3, 0.4) is 0 Å². The second-order valence-corrected chi connectivity index (χ2v) is 24.0. The van der Waals surface area contributed by atoms with Crippen molar-refractivity contribution >= 4 is 68.3 Å². The number of carbonyl (C=O) groups excluding carboxylic acids is 4. The van der Waals surface area contributed by atoms with Crippen LogP contribution in [0, 0.1) is 67.2 Å². The highest BCUT2D eigenvalue weighted by Gasteiger charge is 2.34. The maximum atomic E-state index is 14.9. The van der Waals surface area contributed by atoms with Gasteiger partial charge in [0.15, 0.2) is 23.1 Å². The van der Waals surface area contributed by atoms with Crippen molar-refractivity contribution in [3.8, 4) is 0 Å². The third-order valence-electron chi connectivity index (χ3n) is 16.4. The largest absolute Gasteiger partial charge is 0.361 e. The van der Waals surface area contributed by atoms with Gasteiger partial charge < -0.3 is 29.9 Å². The van der Waals surface area contributed by atoms with Gasteiger partial charge in [0.1, 0.15) is 11.6 Å². The van der Waals surface area contributed by atoms with Crippen molar-refractivity contribution in [1.82, 2.24) is 29.9 Å². The molecule has 14 heteroatoms. The summed E-state index contributed by atoms with van der Waals surface area (Å²) in [5, 5.41) is 0. The molecule has 418 valence electrons. The Morgan fingerprint density at radius 3 is 1.11 bits per heavy atom. The van der Waals surface area contributed by atoms with Gasteiger partial charge in [0, 0.05) is 104 Å². The van der Waals surface area contributed by atoms with Crippen LogP contribution in [0.5, 0.6) is 0 Å². The molecular weight excluding hydrogens is 1260 g/mol. The molecule has 0 saturated heterocycles. The molecule has 0 saturated carbocycles. The number of aromatic nitrogens is 6. The fourth-order valence-corrected chi connectivity index (χ4v) is 14.3. The Morgan fingerprint density at radius 2 is 0.732 bits per heavy atom. The predicted molar refractivity (Wildman–Crippen MR) is 335 cm³/mol. The van der Waals surface area contributed by atoms with Crippen LogP contribution in [0.15, 0.2) is 121 Å². The molecule has 4 atom stereocenters. The highest BCUT2D eigenvalue weighted by Crippen LogP contribution is 2.43. The van der Waals surface area contributed by atoms with Crippen LogP contribution in [0.25, 0.3) is 0 Å². The number of H-pyrrole nitrogens is 6. The molecule has 0 spiro atoms. The SMILES string of the molecule is CC(=O)c1c(C)[nH]c(C(c2ccc(F)cc2)c2ccc(C(c3ccc(F)cc3)c3[nH]c(CCC(=O)c4c(C)[nH]c(C(c5ccc(C(c6ccccc6I)c6[nH]c(C)c(C(C)=O)c6C)[nH]5)c5ccccc5I)c4C)c(C(C)=O)c3C)[nH]2)c1C. The maximum Gasteiger partial charge on any atom is 0.165 e. The van der Waals surface area contributed by atoms with Crippen molar-refractivity contribution < 1.29 is 28.0 Å². The Labute approximate surface area is 503 Å². The monoisotopic (exact) mass is 1320 g/mol. The van der Waals surface area contributed by atoms with Crippen molar-refractivity contribution in [3.63, 3.8) is 0 Å². The number of hydrogen-bond donors (Lipinski definition) is 6. The van der Waals surface area contributed by atoms with E-state index in [0.29, 0.717) is 39.2 Å². The molecule has 4 aromatic carbocycles. The molecule has 6 aromatic heterocycles. The number of aromatic amines is 6. The summed E-state index contributed by atoms with van der Waals surface area (Å²) in [6, 6.07) is 37.4. The molecule has 0 aliphatic carbocycles. The summed E-state index contributed by atoms with van der Waals surface area (Å²) >= 11 is 4.77. The summed E-state index contributed by atoms with van der Waals surface area (Å²) in [6.45, 7) is 18.3. The number of nitrogens with one attached hydrogen (secondary N) is 6. The van der Waals surface area contributed by atoms with Crippen molar-refractivity contribution in [2.75, 3.05) is 0 Å². The summed E-state index contributed by atoms with van der Waals surface area (Å²) in [7, 11) is 0. The van der Waals surface area contributed by atoms with Crippen molar-refractivity contribution in [2.45, 2.75) is 106 Å².